The normalized spacial score (nSPS) is 35.7. The number of anilines is 1. The highest BCUT2D eigenvalue weighted by Gasteiger charge is 2.70. The number of ether oxygens (including phenoxy) is 2. The van der Waals surface area contributed by atoms with E-state index in [0.717, 1.165) is 49.3 Å². The van der Waals surface area contributed by atoms with Gasteiger partial charge < -0.3 is 19.3 Å². The van der Waals surface area contributed by atoms with Crippen LogP contribution in [0.15, 0.2) is 12.1 Å². The zero-order valence-electron chi connectivity index (χ0n) is 16.9. The van der Waals surface area contributed by atoms with Crippen LogP contribution in [0.5, 0.6) is 11.5 Å². The number of carbonyl (C=O) groups is 1. The van der Waals surface area contributed by atoms with Crippen molar-refractivity contribution in [3.8, 4) is 11.5 Å². The summed E-state index contributed by atoms with van der Waals surface area (Å²) in [6, 6.07) is 4.60. The Hall–Kier alpha value is -1.75. The quantitative estimate of drug-likeness (QED) is 0.806. The molecule has 5 rings (SSSR count). The number of nitrogens with zero attached hydrogens (tertiary/aromatic N) is 2. The predicted molar refractivity (Wildman–Crippen MR) is 104 cm³/mol. The van der Waals surface area contributed by atoms with Gasteiger partial charge in [0, 0.05) is 24.4 Å². The van der Waals surface area contributed by atoms with Gasteiger partial charge in [-0.05, 0) is 56.8 Å². The highest BCUT2D eigenvalue weighted by Crippen LogP contribution is 2.67. The molecule has 1 spiro atoms. The largest absolute Gasteiger partial charge is 0.454 e. The van der Waals surface area contributed by atoms with Crippen molar-refractivity contribution in [1.82, 2.24) is 4.90 Å². The zero-order chi connectivity index (χ0) is 19.0. The second-order valence-electron chi connectivity index (χ2n) is 9.10. The van der Waals surface area contributed by atoms with Crippen molar-refractivity contribution in [3.63, 3.8) is 0 Å². The maximum Gasteiger partial charge on any atom is 0.231 e. The van der Waals surface area contributed by atoms with Crippen molar-refractivity contribution in [3.05, 3.63) is 17.7 Å². The molecular weight excluding hydrogens is 340 g/mol. The van der Waals surface area contributed by atoms with Crippen molar-refractivity contribution in [2.24, 2.45) is 5.41 Å². The van der Waals surface area contributed by atoms with E-state index in [0.29, 0.717) is 24.3 Å². The number of likely N-dealkylation sites (N-methyl/N-ethyl adjacent to an activating group) is 1. The lowest BCUT2D eigenvalue weighted by Gasteiger charge is -2.55. The molecule has 0 radical (unpaired) electrons. The zero-order valence-corrected chi connectivity index (χ0v) is 16.9. The molecule has 1 amide bonds. The minimum absolute atomic E-state index is 0.108. The maximum absolute atomic E-state index is 13.5. The molecule has 146 valence electrons. The Kier molecular flexibility index (Phi) is 3.62. The van der Waals surface area contributed by atoms with Gasteiger partial charge >= 0.3 is 0 Å². The molecule has 1 aromatic rings. The van der Waals surface area contributed by atoms with E-state index >= 15 is 0 Å². The summed E-state index contributed by atoms with van der Waals surface area (Å²) in [6.07, 6.45) is 6.18. The van der Waals surface area contributed by atoms with Gasteiger partial charge in [-0.2, -0.15) is 0 Å². The molecular formula is C22H30N2O3. The number of hydrogen-bond donors (Lipinski definition) is 0. The SMILES string of the molecule is CCCC12CCC3(C(CC)c4cc5c(cc4N3C(=O)C1)OCO5)C2N(C)C. The molecule has 3 aliphatic heterocycles. The molecule has 4 atom stereocenters. The molecule has 5 nitrogen and oxygen atoms in total. The van der Waals surface area contributed by atoms with Gasteiger partial charge in [0.25, 0.3) is 0 Å². The van der Waals surface area contributed by atoms with E-state index in [4.69, 9.17) is 9.47 Å². The van der Waals surface area contributed by atoms with E-state index in [2.05, 4.69) is 49.9 Å². The average Bonchev–Trinajstić information content (AvgIpc) is 3.24. The number of piperidine rings is 1. The van der Waals surface area contributed by atoms with Gasteiger partial charge in [-0.15, -0.1) is 0 Å². The molecule has 2 bridgehead atoms. The first-order valence-corrected chi connectivity index (χ1v) is 10.4. The summed E-state index contributed by atoms with van der Waals surface area (Å²) in [5.41, 5.74) is 2.31. The lowest BCUT2D eigenvalue weighted by molar-refractivity contribution is -0.127. The number of amides is 1. The summed E-state index contributed by atoms with van der Waals surface area (Å²) in [5.74, 6) is 2.25. The third-order valence-electron chi connectivity index (χ3n) is 7.66. The Morgan fingerprint density at radius 3 is 2.59 bits per heavy atom. The van der Waals surface area contributed by atoms with Gasteiger partial charge in [0.1, 0.15) is 0 Å². The molecule has 3 heterocycles. The molecule has 1 aliphatic carbocycles. The Morgan fingerprint density at radius 2 is 1.93 bits per heavy atom. The van der Waals surface area contributed by atoms with E-state index in [1.807, 2.05) is 0 Å². The van der Waals surface area contributed by atoms with Crippen LogP contribution in [0.1, 0.15) is 63.9 Å². The van der Waals surface area contributed by atoms with Gasteiger partial charge in [-0.1, -0.05) is 20.3 Å². The highest BCUT2D eigenvalue weighted by atomic mass is 16.7. The summed E-state index contributed by atoms with van der Waals surface area (Å²) < 4.78 is 11.3. The lowest BCUT2D eigenvalue weighted by atomic mass is 9.65. The van der Waals surface area contributed by atoms with Crippen LogP contribution >= 0.6 is 0 Å². The van der Waals surface area contributed by atoms with Gasteiger partial charge in [0.05, 0.1) is 11.2 Å². The summed E-state index contributed by atoms with van der Waals surface area (Å²) in [4.78, 5) is 18.1. The number of fused-ring (bicyclic) bond motifs is 4. The molecule has 0 N–H and O–H groups in total. The first kappa shape index (κ1) is 17.4. The van der Waals surface area contributed by atoms with Crippen molar-refractivity contribution in [2.75, 3.05) is 25.8 Å². The molecule has 1 aromatic carbocycles. The third kappa shape index (κ3) is 1.96. The number of rotatable bonds is 4. The first-order chi connectivity index (χ1) is 13.0. The van der Waals surface area contributed by atoms with E-state index in [-0.39, 0.29) is 17.7 Å². The summed E-state index contributed by atoms with van der Waals surface area (Å²) >= 11 is 0. The fourth-order valence-corrected chi connectivity index (χ4v) is 7.27. The van der Waals surface area contributed by atoms with E-state index in [9.17, 15) is 4.79 Å². The van der Waals surface area contributed by atoms with Crippen LogP contribution < -0.4 is 14.4 Å². The van der Waals surface area contributed by atoms with Gasteiger partial charge in [0.15, 0.2) is 11.5 Å². The van der Waals surface area contributed by atoms with Crippen LogP contribution in [0.4, 0.5) is 5.69 Å². The molecule has 2 fully saturated rings. The van der Waals surface area contributed by atoms with Crippen molar-refractivity contribution in [1.29, 1.82) is 0 Å². The predicted octanol–water partition coefficient (Wildman–Crippen LogP) is 3.91. The Bertz CT molecular complexity index is 807. The molecule has 0 aromatic heterocycles. The minimum Gasteiger partial charge on any atom is -0.454 e. The number of carbonyl (C=O) groups excluding carboxylic acids is 1. The third-order valence-corrected chi connectivity index (χ3v) is 7.66. The Morgan fingerprint density at radius 1 is 1.19 bits per heavy atom. The fourth-order valence-electron chi connectivity index (χ4n) is 7.27. The number of benzene rings is 1. The van der Waals surface area contributed by atoms with Crippen LogP contribution in [0.2, 0.25) is 0 Å². The molecule has 1 saturated carbocycles. The van der Waals surface area contributed by atoms with E-state index in [1.54, 1.807) is 0 Å². The first-order valence-electron chi connectivity index (χ1n) is 10.4. The highest BCUT2D eigenvalue weighted by molar-refractivity contribution is 6.01. The van der Waals surface area contributed by atoms with Gasteiger partial charge in [0.2, 0.25) is 12.7 Å². The summed E-state index contributed by atoms with van der Waals surface area (Å²) in [6.45, 7) is 4.79. The standard InChI is InChI=1S/C22H30N2O3/c1-5-7-21-8-9-22(20(21)23(3)4)15(6-2)14-10-17-18(27-13-26-17)11-16(14)24(22)19(25)12-21/h10-11,15,20H,5-9,12-13H2,1-4H3. The van der Waals surface area contributed by atoms with Crippen LogP contribution in [-0.4, -0.2) is 43.3 Å². The maximum atomic E-state index is 13.5. The van der Waals surface area contributed by atoms with Crippen molar-refractivity contribution >= 4 is 11.6 Å². The van der Waals surface area contributed by atoms with Gasteiger partial charge in [-0.25, -0.2) is 0 Å². The van der Waals surface area contributed by atoms with E-state index < -0.39 is 0 Å². The van der Waals surface area contributed by atoms with E-state index in [1.165, 1.54) is 5.56 Å². The second kappa shape index (κ2) is 5.63. The Balaban J connectivity index is 1.73. The molecule has 4 aliphatic rings. The van der Waals surface area contributed by atoms with Crippen molar-refractivity contribution in [2.45, 2.75) is 69.9 Å². The van der Waals surface area contributed by atoms with Crippen LogP contribution in [0, 0.1) is 5.41 Å². The molecule has 4 unspecified atom stereocenters. The van der Waals surface area contributed by atoms with Crippen LogP contribution in [-0.2, 0) is 4.79 Å². The summed E-state index contributed by atoms with van der Waals surface area (Å²) in [5, 5.41) is 0. The monoisotopic (exact) mass is 370 g/mol. The topological polar surface area (TPSA) is 42.0 Å². The average molecular weight is 370 g/mol. The van der Waals surface area contributed by atoms with Crippen molar-refractivity contribution < 1.29 is 14.3 Å². The lowest BCUT2D eigenvalue weighted by Crippen LogP contribution is -2.68. The molecule has 1 saturated heterocycles. The minimum atomic E-state index is -0.139. The van der Waals surface area contributed by atoms with Gasteiger partial charge in [-0.3, -0.25) is 4.79 Å². The molecule has 5 heteroatoms. The Labute approximate surface area is 161 Å². The van der Waals surface area contributed by atoms with Crippen LogP contribution in [0.25, 0.3) is 0 Å². The number of hydrogen-bond acceptors (Lipinski definition) is 4. The molecule has 27 heavy (non-hydrogen) atoms. The fraction of sp³-hybridized carbons (Fsp3) is 0.682. The summed E-state index contributed by atoms with van der Waals surface area (Å²) in [7, 11) is 4.41. The smallest absolute Gasteiger partial charge is 0.231 e. The van der Waals surface area contributed by atoms with Crippen LogP contribution in [0.3, 0.4) is 0 Å². The second-order valence-corrected chi connectivity index (χ2v) is 9.10.